The van der Waals surface area contributed by atoms with E-state index in [1.165, 1.54) is 5.56 Å². The van der Waals surface area contributed by atoms with Gasteiger partial charge in [-0.2, -0.15) is 5.26 Å². The molecule has 0 spiro atoms. The molecular weight excluding hydrogens is 260 g/mol. The number of nitrogens with zero attached hydrogens (tertiary/aromatic N) is 2. The maximum Gasteiger partial charge on any atom is 0.269 e. The molecule has 0 N–H and O–H groups in total. The van der Waals surface area contributed by atoms with Crippen molar-refractivity contribution in [1.82, 2.24) is 4.57 Å². The van der Waals surface area contributed by atoms with E-state index in [1.807, 2.05) is 24.3 Å². The second-order valence-corrected chi connectivity index (χ2v) is 5.23. The summed E-state index contributed by atoms with van der Waals surface area (Å²) >= 11 is 0. The maximum atomic E-state index is 12.3. The minimum absolute atomic E-state index is 0.152. The molecule has 3 heteroatoms. The number of rotatable bonds is 4. The van der Waals surface area contributed by atoms with E-state index in [9.17, 15) is 4.79 Å². The molecule has 0 radical (unpaired) electrons. The van der Waals surface area contributed by atoms with E-state index in [1.54, 1.807) is 16.7 Å². The second kappa shape index (κ2) is 6.23. The van der Waals surface area contributed by atoms with Crippen molar-refractivity contribution in [3.8, 4) is 17.3 Å². The molecular formula is C18H18N2O. The fraction of sp³-hybridized carbons (Fsp3) is 0.222. The van der Waals surface area contributed by atoms with Gasteiger partial charge in [-0.05, 0) is 29.2 Å². The van der Waals surface area contributed by atoms with Crippen LogP contribution in [0.15, 0.2) is 53.8 Å². The average molecular weight is 278 g/mol. The first-order valence-corrected chi connectivity index (χ1v) is 6.93. The van der Waals surface area contributed by atoms with E-state index in [0.717, 1.165) is 11.3 Å². The summed E-state index contributed by atoms with van der Waals surface area (Å²) in [6, 6.07) is 13.5. The van der Waals surface area contributed by atoms with Gasteiger partial charge in [0, 0.05) is 6.54 Å². The zero-order valence-corrected chi connectivity index (χ0v) is 12.3. The molecule has 0 saturated heterocycles. The van der Waals surface area contributed by atoms with Crippen molar-refractivity contribution in [2.75, 3.05) is 0 Å². The quantitative estimate of drug-likeness (QED) is 0.800. The van der Waals surface area contributed by atoms with Gasteiger partial charge in [0.1, 0.15) is 11.6 Å². The smallest absolute Gasteiger partial charge is 0.269 e. The highest BCUT2D eigenvalue weighted by molar-refractivity contribution is 5.61. The normalized spacial score (nSPS) is 10.4. The highest BCUT2D eigenvalue weighted by atomic mass is 16.1. The number of nitriles is 1. The molecule has 21 heavy (non-hydrogen) atoms. The highest BCUT2D eigenvalue weighted by Crippen LogP contribution is 2.22. The molecule has 0 aliphatic carbocycles. The Hall–Kier alpha value is -2.60. The Labute approximate surface area is 124 Å². The van der Waals surface area contributed by atoms with Gasteiger partial charge in [0.05, 0.1) is 5.69 Å². The number of benzene rings is 1. The van der Waals surface area contributed by atoms with Crippen LogP contribution in [0.1, 0.15) is 30.9 Å². The van der Waals surface area contributed by atoms with Gasteiger partial charge in [-0.25, -0.2) is 0 Å². The SMILES string of the molecule is C=CCn1c(-c2ccc(C(C)C)cc2)ccc(C#N)c1=O. The van der Waals surface area contributed by atoms with E-state index < -0.39 is 0 Å². The third-order valence-corrected chi connectivity index (χ3v) is 3.48. The van der Waals surface area contributed by atoms with Gasteiger partial charge >= 0.3 is 0 Å². The van der Waals surface area contributed by atoms with Crippen molar-refractivity contribution >= 4 is 0 Å². The lowest BCUT2D eigenvalue weighted by molar-refractivity contribution is 0.786. The maximum absolute atomic E-state index is 12.3. The molecule has 1 aromatic heterocycles. The molecule has 2 aromatic rings. The predicted octanol–water partition coefficient (Wildman–Crippen LogP) is 3.70. The Kier molecular flexibility index (Phi) is 4.39. The molecule has 0 amide bonds. The van der Waals surface area contributed by atoms with Crippen molar-refractivity contribution < 1.29 is 0 Å². The van der Waals surface area contributed by atoms with E-state index >= 15 is 0 Å². The fourth-order valence-electron chi connectivity index (χ4n) is 2.26. The summed E-state index contributed by atoms with van der Waals surface area (Å²) in [5, 5.41) is 8.98. The number of pyridine rings is 1. The summed E-state index contributed by atoms with van der Waals surface area (Å²) in [6.45, 7) is 8.35. The van der Waals surface area contributed by atoms with Crippen LogP contribution in [0.5, 0.6) is 0 Å². The Morgan fingerprint density at radius 3 is 2.43 bits per heavy atom. The van der Waals surface area contributed by atoms with Gasteiger partial charge in [-0.1, -0.05) is 44.2 Å². The van der Waals surface area contributed by atoms with Crippen LogP contribution < -0.4 is 5.56 Å². The third kappa shape index (κ3) is 2.95. The molecule has 0 bridgehead atoms. The second-order valence-electron chi connectivity index (χ2n) is 5.23. The van der Waals surface area contributed by atoms with Gasteiger partial charge < -0.3 is 4.57 Å². The van der Waals surface area contributed by atoms with Crippen LogP contribution in [0.4, 0.5) is 0 Å². The summed E-state index contributed by atoms with van der Waals surface area (Å²) in [4.78, 5) is 12.3. The van der Waals surface area contributed by atoms with Crippen LogP contribution in [0, 0.1) is 11.3 Å². The molecule has 0 saturated carbocycles. The van der Waals surface area contributed by atoms with Crippen LogP contribution in [-0.2, 0) is 6.54 Å². The Morgan fingerprint density at radius 1 is 1.24 bits per heavy atom. The number of aromatic nitrogens is 1. The lowest BCUT2D eigenvalue weighted by Gasteiger charge is -2.13. The topological polar surface area (TPSA) is 45.8 Å². The molecule has 0 unspecified atom stereocenters. The largest absolute Gasteiger partial charge is 0.303 e. The number of hydrogen-bond acceptors (Lipinski definition) is 2. The molecule has 1 heterocycles. The predicted molar refractivity (Wildman–Crippen MR) is 85.1 cm³/mol. The summed E-state index contributed by atoms with van der Waals surface area (Å²) in [5.41, 5.74) is 2.89. The first-order chi connectivity index (χ1) is 10.1. The molecule has 0 fully saturated rings. The zero-order chi connectivity index (χ0) is 15.4. The Balaban J connectivity index is 2.58. The van der Waals surface area contributed by atoms with Crippen LogP contribution in [0.3, 0.4) is 0 Å². The molecule has 0 aliphatic heterocycles. The van der Waals surface area contributed by atoms with Crippen LogP contribution in [0.2, 0.25) is 0 Å². The van der Waals surface area contributed by atoms with Crippen LogP contribution in [0.25, 0.3) is 11.3 Å². The Bertz CT molecular complexity index is 746. The van der Waals surface area contributed by atoms with Crippen LogP contribution >= 0.6 is 0 Å². The fourth-order valence-corrected chi connectivity index (χ4v) is 2.26. The van der Waals surface area contributed by atoms with Gasteiger partial charge in [0.15, 0.2) is 0 Å². The number of allylic oxidation sites excluding steroid dienone is 1. The van der Waals surface area contributed by atoms with Crippen molar-refractivity contribution in [1.29, 1.82) is 5.26 Å². The minimum Gasteiger partial charge on any atom is -0.303 e. The van der Waals surface area contributed by atoms with Crippen molar-refractivity contribution in [3.05, 3.63) is 70.5 Å². The third-order valence-electron chi connectivity index (χ3n) is 3.48. The van der Waals surface area contributed by atoms with Gasteiger partial charge in [-0.3, -0.25) is 4.79 Å². The zero-order valence-electron chi connectivity index (χ0n) is 12.3. The van der Waals surface area contributed by atoms with Crippen molar-refractivity contribution in [2.45, 2.75) is 26.3 Å². The van der Waals surface area contributed by atoms with E-state index in [0.29, 0.717) is 12.5 Å². The Morgan fingerprint density at radius 2 is 1.90 bits per heavy atom. The first-order valence-electron chi connectivity index (χ1n) is 6.93. The molecule has 0 atom stereocenters. The van der Waals surface area contributed by atoms with Gasteiger partial charge in [0.25, 0.3) is 5.56 Å². The number of hydrogen-bond donors (Lipinski definition) is 0. The monoisotopic (exact) mass is 278 g/mol. The highest BCUT2D eigenvalue weighted by Gasteiger charge is 2.09. The van der Waals surface area contributed by atoms with E-state index in [4.69, 9.17) is 5.26 Å². The summed E-state index contributed by atoms with van der Waals surface area (Å²) < 4.78 is 1.58. The minimum atomic E-state index is -0.275. The van der Waals surface area contributed by atoms with Crippen molar-refractivity contribution in [3.63, 3.8) is 0 Å². The molecule has 1 aromatic carbocycles. The van der Waals surface area contributed by atoms with Crippen LogP contribution in [-0.4, -0.2) is 4.57 Å². The summed E-state index contributed by atoms with van der Waals surface area (Å²) in [7, 11) is 0. The van der Waals surface area contributed by atoms with Crippen molar-refractivity contribution in [2.24, 2.45) is 0 Å². The van der Waals surface area contributed by atoms with E-state index in [-0.39, 0.29) is 11.1 Å². The van der Waals surface area contributed by atoms with E-state index in [2.05, 4.69) is 32.6 Å². The lowest BCUT2D eigenvalue weighted by Crippen LogP contribution is -2.23. The molecule has 106 valence electrons. The van der Waals surface area contributed by atoms with Gasteiger partial charge in [0.2, 0.25) is 0 Å². The summed E-state index contributed by atoms with van der Waals surface area (Å²) in [6.07, 6.45) is 1.66. The standard InChI is InChI=1S/C18H18N2O/c1-4-11-20-17(10-9-16(12-19)18(20)21)15-7-5-14(6-8-15)13(2)3/h4-10,13H,1,11H2,2-3H3. The molecule has 2 rings (SSSR count). The molecule has 3 nitrogen and oxygen atoms in total. The first kappa shape index (κ1) is 14.8. The van der Waals surface area contributed by atoms with Gasteiger partial charge in [-0.15, -0.1) is 6.58 Å². The average Bonchev–Trinajstić information content (AvgIpc) is 2.49. The lowest BCUT2D eigenvalue weighted by atomic mass is 10.0. The summed E-state index contributed by atoms with van der Waals surface area (Å²) in [5.74, 6) is 0.468. The molecule has 0 aliphatic rings.